The number of nitrogens with one attached hydrogen (secondary N) is 1. The van der Waals surface area contributed by atoms with Gasteiger partial charge in [0.1, 0.15) is 38.4 Å². The Morgan fingerprint density at radius 2 is 1.13 bits per heavy atom. The highest BCUT2D eigenvalue weighted by Gasteiger charge is 2.21. The second kappa shape index (κ2) is 12.1. The lowest BCUT2D eigenvalue weighted by molar-refractivity contribution is 0.478. The Morgan fingerprint density at radius 1 is 0.622 bits per heavy atom. The van der Waals surface area contributed by atoms with Gasteiger partial charge in [0.05, 0.1) is 4.90 Å². The maximum atomic E-state index is 13.4. The van der Waals surface area contributed by atoms with Gasteiger partial charge in [0.25, 0.3) is 30.4 Å². The van der Waals surface area contributed by atoms with Crippen LogP contribution in [0.1, 0.15) is 0 Å². The molecule has 4 aromatic rings. The Labute approximate surface area is 251 Å². The summed E-state index contributed by atoms with van der Waals surface area (Å²) in [4.78, 5) is 7.51. The van der Waals surface area contributed by atoms with Crippen LogP contribution in [0, 0.1) is 12.0 Å². The van der Waals surface area contributed by atoms with Gasteiger partial charge in [0, 0.05) is 17.8 Å². The lowest BCUT2D eigenvalue weighted by atomic mass is 10.3. The van der Waals surface area contributed by atoms with Crippen molar-refractivity contribution in [3.8, 4) is 0 Å². The Morgan fingerprint density at radius 3 is 1.64 bits per heavy atom. The first-order valence-corrected chi connectivity index (χ1v) is 15.7. The fraction of sp³-hybridized carbons (Fsp3) is 0. The first kappa shape index (κ1) is 32.8. The normalized spacial score (nSPS) is 12.6. The maximum absolute atomic E-state index is 13.4. The number of rotatable bonds is 9. The molecule has 0 aliphatic rings. The van der Waals surface area contributed by atoms with E-state index >= 15 is 0 Å². The second-order valence-electron chi connectivity index (χ2n) is 8.40. The molecule has 0 amide bonds. The van der Waals surface area contributed by atoms with E-state index in [9.17, 15) is 47.7 Å². The van der Waals surface area contributed by atoms with Crippen LogP contribution in [0.2, 0.25) is 0 Å². The van der Waals surface area contributed by atoms with E-state index < -0.39 is 80.1 Å². The van der Waals surface area contributed by atoms with Crippen molar-refractivity contribution in [1.29, 1.82) is 0 Å². The predicted molar refractivity (Wildman–Crippen MR) is 149 cm³/mol. The summed E-state index contributed by atoms with van der Waals surface area (Å²) in [6, 6.07) is 6.64. The minimum absolute atomic E-state index is 0.0199. The number of pyridine rings is 1. The highest BCUT2D eigenvalue weighted by atomic mass is 32.2. The lowest BCUT2D eigenvalue weighted by Gasteiger charge is -2.09. The molecule has 24 heteroatoms. The Bertz CT molecular complexity index is 2210. The topological polar surface area (TPSA) is 315 Å². The molecule has 2 aromatic heterocycles. The van der Waals surface area contributed by atoms with E-state index in [1.54, 1.807) is 0 Å². The molecule has 0 unspecified atom stereocenters. The first-order valence-electron chi connectivity index (χ1n) is 11.4. The minimum atomic E-state index is -4.96. The summed E-state index contributed by atoms with van der Waals surface area (Å²) in [5, 5.41) is 17.2. The number of hydrogen-bond donors (Lipinski definition) is 6. The second-order valence-corrected chi connectivity index (χ2v) is 12.6. The van der Waals surface area contributed by atoms with Crippen LogP contribution in [0.3, 0.4) is 0 Å². The van der Waals surface area contributed by atoms with Gasteiger partial charge in [-0.15, -0.1) is 20.5 Å². The van der Waals surface area contributed by atoms with Crippen molar-refractivity contribution in [2.75, 3.05) is 16.8 Å². The van der Waals surface area contributed by atoms with E-state index in [0.717, 1.165) is 30.3 Å². The number of aromatic nitrogens is 3. The Balaban J connectivity index is 1.75. The fourth-order valence-electron chi connectivity index (χ4n) is 3.34. The monoisotopic (exact) mass is 686 g/mol. The number of anilines is 4. The molecule has 0 aliphatic carbocycles. The quantitative estimate of drug-likeness (QED) is 0.0633. The van der Waals surface area contributed by atoms with Gasteiger partial charge in [-0.05, 0) is 36.4 Å². The smallest absolute Gasteiger partial charge is 0.313 e. The number of hydrogen-bond acceptors (Lipinski definition) is 16. The molecular formula is C21H16F2N10O9S3. The number of nitrogen functional groups attached to an aromatic ring is 2. The molecular weight excluding hydrogens is 670 g/mol. The first-order chi connectivity index (χ1) is 20.8. The zero-order valence-corrected chi connectivity index (χ0v) is 24.1. The van der Waals surface area contributed by atoms with Gasteiger partial charge in [-0.1, -0.05) is 0 Å². The summed E-state index contributed by atoms with van der Waals surface area (Å²) in [5.74, 6) is -2.37. The van der Waals surface area contributed by atoms with Gasteiger partial charge >= 0.3 is 6.08 Å². The van der Waals surface area contributed by atoms with E-state index in [2.05, 4.69) is 40.7 Å². The summed E-state index contributed by atoms with van der Waals surface area (Å²) in [7, 11) is -14.7. The van der Waals surface area contributed by atoms with Gasteiger partial charge in [-0.3, -0.25) is 13.7 Å². The van der Waals surface area contributed by atoms with Crippen LogP contribution in [-0.4, -0.2) is 53.9 Å². The molecule has 8 N–H and O–H groups in total. The molecule has 0 saturated carbocycles. The van der Waals surface area contributed by atoms with E-state index in [0.29, 0.717) is 18.2 Å². The lowest BCUT2D eigenvalue weighted by Crippen LogP contribution is -2.02. The summed E-state index contributed by atoms with van der Waals surface area (Å²) >= 11 is 0. The maximum Gasteiger partial charge on any atom is 0.313 e. The van der Waals surface area contributed by atoms with Crippen molar-refractivity contribution in [3.05, 3.63) is 60.6 Å². The summed E-state index contributed by atoms with van der Waals surface area (Å²) in [5.41, 5.74) is 9.61. The highest BCUT2D eigenvalue weighted by Crippen LogP contribution is 2.36. The molecule has 45 heavy (non-hydrogen) atoms. The average molecular weight is 687 g/mol. The van der Waals surface area contributed by atoms with E-state index in [-0.39, 0.29) is 22.9 Å². The molecule has 4 rings (SSSR count). The van der Waals surface area contributed by atoms with Crippen LogP contribution >= 0.6 is 0 Å². The SMILES string of the molecule is Nc1nc(N)c(N=Nc2cc(S(=O)(=O)O)ccc2S(=O)(=O)O)cc1N=Nc1cc(Nc2cc(F)nc(F)n2)ccc1S(=O)(=O)O. The van der Waals surface area contributed by atoms with Crippen LogP contribution in [-0.2, 0) is 30.4 Å². The molecule has 0 fully saturated rings. The minimum Gasteiger partial charge on any atom is -0.382 e. The average Bonchev–Trinajstić information content (AvgIpc) is 2.89. The predicted octanol–water partition coefficient (Wildman–Crippen LogP) is 3.63. The molecule has 0 spiro atoms. The number of nitrogens with zero attached hydrogens (tertiary/aromatic N) is 7. The van der Waals surface area contributed by atoms with Gasteiger partial charge in [0.2, 0.25) is 5.95 Å². The van der Waals surface area contributed by atoms with Gasteiger partial charge in [-0.2, -0.15) is 44.0 Å². The van der Waals surface area contributed by atoms with Crippen molar-refractivity contribution in [2.45, 2.75) is 14.7 Å². The van der Waals surface area contributed by atoms with Crippen molar-refractivity contribution < 1.29 is 47.7 Å². The third-order valence-electron chi connectivity index (χ3n) is 5.25. The van der Waals surface area contributed by atoms with E-state index in [1.165, 1.54) is 0 Å². The molecule has 0 atom stereocenters. The number of nitrogens with two attached hydrogens (primary N) is 2. The fourth-order valence-corrected chi connectivity index (χ4v) is 5.05. The zero-order chi connectivity index (χ0) is 33.3. The van der Waals surface area contributed by atoms with E-state index in [4.69, 9.17) is 11.5 Å². The van der Waals surface area contributed by atoms with Crippen LogP contribution in [0.4, 0.5) is 54.7 Å². The molecule has 0 bridgehead atoms. The molecule has 0 saturated heterocycles. The van der Waals surface area contributed by atoms with Crippen molar-refractivity contribution >= 4 is 76.2 Å². The van der Waals surface area contributed by atoms with Crippen LogP contribution in [0.25, 0.3) is 0 Å². The molecule has 2 aromatic carbocycles. The van der Waals surface area contributed by atoms with Crippen LogP contribution in [0.5, 0.6) is 0 Å². The van der Waals surface area contributed by atoms with Crippen molar-refractivity contribution in [3.63, 3.8) is 0 Å². The summed E-state index contributed by atoms with van der Waals surface area (Å²) in [6.07, 6.45) is -1.40. The molecule has 0 aliphatic heterocycles. The zero-order valence-electron chi connectivity index (χ0n) is 21.7. The van der Waals surface area contributed by atoms with E-state index in [1.807, 2.05) is 0 Å². The number of azo groups is 2. The highest BCUT2D eigenvalue weighted by molar-refractivity contribution is 7.86. The number of halogens is 2. The van der Waals surface area contributed by atoms with Crippen molar-refractivity contribution in [1.82, 2.24) is 15.0 Å². The Hall–Kier alpha value is -5.14. The van der Waals surface area contributed by atoms with Crippen molar-refractivity contribution in [2.24, 2.45) is 20.5 Å². The molecule has 2 heterocycles. The molecule has 19 nitrogen and oxygen atoms in total. The van der Waals surface area contributed by atoms with Gasteiger partial charge in [0.15, 0.2) is 11.6 Å². The van der Waals surface area contributed by atoms with Gasteiger partial charge < -0.3 is 16.8 Å². The third kappa shape index (κ3) is 8.08. The van der Waals surface area contributed by atoms with Crippen LogP contribution in [0.15, 0.2) is 83.7 Å². The standard InChI is InChI=1S/C21H16F2N10O9S3/c22-17-8-18(28-21(23)27-17)26-9-1-3-15(44(37,38)39)11(5-9)30-32-13-7-14(20(25)29-19(13)24)33-31-12-6-10(43(34,35)36)2-4-16(12)45(40,41)42/h1-8H,(H4,24,25,29)(H,26,27,28)(H,34,35,36)(H,37,38,39)(H,40,41,42). The third-order valence-corrected chi connectivity index (χ3v) is 7.90. The molecule has 236 valence electrons. The van der Waals surface area contributed by atoms with Crippen LogP contribution < -0.4 is 16.8 Å². The summed E-state index contributed by atoms with van der Waals surface area (Å²) < 4.78 is 125. The van der Waals surface area contributed by atoms with Gasteiger partial charge in [-0.25, -0.2) is 4.98 Å². The Kier molecular flexibility index (Phi) is 8.81. The number of benzene rings is 2. The molecule has 0 radical (unpaired) electrons. The summed E-state index contributed by atoms with van der Waals surface area (Å²) in [6.45, 7) is 0. The largest absolute Gasteiger partial charge is 0.382 e.